The van der Waals surface area contributed by atoms with Crippen LogP contribution in [0.1, 0.15) is 47.9 Å². The normalized spacial score (nSPS) is 12.5. The fourth-order valence-electron chi connectivity index (χ4n) is 3.02. The SMILES string of the molecule is Cc1n[nH]c2ccc(C(=O)N[C@@H](CC(C)C)c3ccccc3F)cc12. The number of aromatic nitrogens is 2. The molecule has 0 fully saturated rings. The molecule has 2 N–H and O–H groups in total. The van der Waals surface area contributed by atoms with Crippen molar-refractivity contribution in [2.45, 2.75) is 33.2 Å². The zero-order valence-electron chi connectivity index (χ0n) is 14.6. The molecule has 0 aliphatic heterocycles. The fraction of sp³-hybridized carbons (Fsp3) is 0.300. The Labute approximate surface area is 146 Å². The van der Waals surface area contributed by atoms with E-state index in [2.05, 4.69) is 29.4 Å². The molecule has 1 heterocycles. The largest absolute Gasteiger partial charge is 0.345 e. The average molecular weight is 339 g/mol. The number of fused-ring (bicyclic) bond motifs is 1. The van der Waals surface area contributed by atoms with Gasteiger partial charge in [-0.15, -0.1) is 0 Å². The summed E-state index contributed by atoms with van der Waals surface area (Å²) in [5.74, 6) is -0.186. The summed E-state index contributed by atoms with van der Waals surface area (Å²) in [6.07, 6.45) is 0.666. The molecule has 0 aliphatic carbocycles. The summed E-state index contributed by atoms with van der Waals surface area (Å²) in [7, 11) is 0. The first-order valence-corrected chi connectivity index (χ1v) is 8.45. The number of carbonyl (C=O) groups excluding carboxylic acids is 1. The topological polar surface area (TPSA) is 57.8 Å². The molecule has 0 saturated carbocycles. The van der Waals surface area contributed by atoms with Crippen LogP contribution in [0, 0.1) is 18.7 Å². The smallest absolute Gasteiger partial charge is 0.251 e. The number of hydrogen-bond acceptors (Lipinski definition) is 2. The number of H-pyrrole nitrogens is 1. The van der Waals surface area contributed by atoms with E-state index in [1.54, 1.807) is 24.3 Å². The van der Waals surface area contributed by atoms with Crippen LogP contribution in [-0.4, -0.2) is 16.1 Å². The Kier molecular flexibility index (Phi) is 4.83. The highest BCUT2D eigenvalue weighted by atomic mass is 19.1. The molecule has 0 saturated heterocycles. The highest BCUT2D eigenvalue weighted by molar-refractivity contribution is 5.98. The molecule has 2 aromatic carbocycles. The number of nitrogens with zero attached hydrogens (tertiary/aromatic N) is 1. The number of amides is 1. The molecule has 3 aromatic rings. The molecule has 0 radical (unpaired) electrons. The molecular weight excluding hydrogens is 317 g/mol. The Morgan fingerprint density at radius 2 is 2.00 bits per heavy atom. The maximum atomic E-state index is 14.2. The van der Waals surface area contributed by atoms with Crippen LogP contribution in [-0.2, 0) is 0 Å². The molecule has 5 heteroatoms. The van der Waals surface area contributed by atoms with E-state index in [1.807, 2.05) is 19.1 Å². The number of nitrogens with one attached hydrogen (secondary N) is 2. The minimum atomic E-state index is -0.366. The number of aryl methyl sites for hydroxylation is 1. The quantitative estimate of drug-likeness (QED) is 0.717. The molecule has 1 aromatic heterocycles. The summed E-state index contributed by atoms with van der Waals surface area (Å²) in [6.45, 7) is 6.00. The number of benzene rings is 2. The molecular formula is C20H22FN3O. The minimum absolute atomic E-state index is 0.212. The summed E-state index contributed by atoms with van der Waals surface area (Å²) in [5, 5.41) is 11.0. The van der Waals surface area contributed by atoms with Gasteiger partial charge in [-0.1, -0.05) is 32.0 Å². The highest BCUT2D eigenvalue weighted by Crippen LogP contribution is 2.25. The Balaban J connectivity index is 1.88. The lowest BCUT2D eigenvalue weighted by Gasteiger charge is -2.21. The Morgan fingerprint density at radius 3 is 2.72 bits per heavy atom. The first kappa shape index (κ1) is 17.1. The average Bonchev–Trinajstić information content (AvgIpc) is 2.95. The van der Waals surface area contributed by atoms with Gasteiger partial charge in [0.05, 0.1) is 17.3 Å². The molecule has 1 amide bonds. The van der Waals surface area contributed by atoms with E-state index in [0.29, 0.717) is 23.5 Å². The first-order valence-electron chi connectivity index (χ1n) is 8.45. The van der Waals surface area contributed by atoms with Gasteiger partial charge in [0, 0.05) is 16.5 Å². The van der Waals surface area contributed by atoms with Gasteiger partial charge in [-0.05, 0) is 43.5 Å². The van der Waals surface area contributed by atoms with E-state index in [9.17, 15) is 9.18 Å². The van der Waals surface area contributed by atoms with Crippen LogP contribution in [0.2, 0.25) is 0 Å². The first-order chi connectivity index (χ1) is 12.0. The van der Waals surface area contributed by atoms with Gasteiger partial charge in [0.15, 0.2) is 0 Å². The summed E-state index contributed by atoms with van der Waals surface area (Å²) >= 11 is 0. The van der Waals surface area contributed by atoms with Crippen molar-refractivity contribution < 1.29 is 9.18 Å². The van der Waals surface area contributed by atoms with Crippen molar-refractivity contribution in [2.75, 3.05) is 0 Å². The van der Waals surface area contributed by atoms with Crippen molar-refractivity contribution in [3.8, 4) is 0 Å². The van der Waals surface area contributed by atoms with Crippen molar-refractivity contribution in [3.05, 3.63) is 65.1 Å². The van der Waals surface area contributed by atoms with Gasteiger partial charge >= 0.3 is 0 Å². The molecule has 130 valence electrons. The van der Waals surface area contributed by atoms with Gasteiger partial charge in [0.1, 0.15) is 5.82 Å². The Morgan fingerprint density at radius 1 is 1.24 bits per heavy atom. The van der Waals surface area contributed by atoms with Gasteiger partial charge in [-0.3, -0.25) is 9.89 Å². The molecule has 4 nitrogen and oxygen atoms in total. The lowest BCUT2D eigenvalue weighted by atomic mass is 9.96. The second-order valence-electron chi connectivity index (χ2n) is 6.75. The zero-order valence-corrected chi connectivity index (χ0v) is 14.6. The number of aromatic amines is 1. The van der Waals surface area contributed by atoms with Crippen molar-refractivity contribution >= 4 is 16.8 Å². The number of rotatable bonds is 5. The Bertz CT molecular complexity index is 901. The fourth-order valence-corrected chi connectivity index (χ4v) is 3.02. The molecule has 0 spiro atoms. The predicted molar refractivity (Wildman–Crippen MR) is 96.9 cm³/mol. The van der Waals surface area contributed by atoms with Crippen LogP contribution in [0.15, 0.2) is 42.5 Å². The third kappa shape index (κ3) is 3.71. The highest BCUT2D eigenvalue weighted by Gasteiger charge is 2.20. The molecule has 0 aliphatic rings. The van der Waals surface area contributed by atoms with Gasteiger partial charge in [-0.25, -0.2) is 4.39 Å². The predicted octanol–water partition coefficient (Wildman–Crippen LogP) is 4.53. The molecule has 25 heavy (non-hydrogen) atoms. The maximum Gasteiger partial charge on any atom is 0.251 e. The van der Waals surface area contributed by atoms with Crippen LogP contribution in [0.5, 0.6) is 0 Å². The monoisotopic (exact) mass is 339 g/mol. The molecule has 1 atom stereocenters. The molecule has 0 unspecified atom stereocenters. The number of halogens is 1. The Hall–Kier alpha value is -2.69. The number of hydrogen-bond donors (Lipinski definition) is 2. The van der Waals surface area contributed by atoms with Crippen molar-refractivity contribution in [1.82, 2.24) is 15.5 Å². The van der Waals surface area contributed by atoms with E-state index >= 15 is 0 Å². The van der Waals surface area contributed by atoms with Crippen molar-refractivity contribution in [1.29, 1.82) is 0 Å². The van der Waals surface area contributed by atoms with E-state index in [1.165, 1.54) is 6.07 Å². The molecule has 3 rings (SSSR count). The van der Waals surface area contributed by atoms with Crippen molar-refractivity contribution in [3.63, 3.8) is 0 Å². The minimum Gasteiger partial charge on any atom is -0.345 e. The van der Waals surface area contributed by atoms with E-state index < -0.39 is 0 Å². The standard InChI is InChI=1S/C20H22FN3O/c1-12(2)10-19(15-6-4-5-7-17(15)21)22-20(25)14-8-9-18-16(11-14)13(3)23-24-18/h4-9,11-12,19H,10H2,1-3H3,(H,22,25)(H,23,24)/t19-/m0/s1. The third-order valence-electron chi connectivity index (χ3n) is 4.31. The van der Waals surface area contributed by atoms with Gasteiger partial charge in [0.25, 0.3) is 5.91 Å². The second-order valence-corrected chi connectivity index (χ2v) is 6.75. The summed E-state index contributed by atoms with van der Waals surface area (Å²) in [6, 6.07) is 11.6. The van der Waals surface area contributed by atoms with Crippen LogP contribution >= 0.6 is 0 Å². The summed E-state index contributed by atoms with van der Waals surface area (Å²) < 4.78 is 14.2. The van der Waals surface area contributed by atoms with Crippen molar-refractivity contribution in [2.24, 2.45) is 5.92 Å². The van der Waals surface area contributed by atoms with E-state index in [4.69, 9.17) is 0 Å². The van der Waals surface area contributed by atoms with E-state index in [-0.39, 0.29) is 17.8 Å². The van der Waals surface area contributed by atoms with Crippen LogP contribution in [0.25, 0.3) is 10.9 Å². The van der Waals surface area contributed by atoms with Crippen LogP contribution in [0.3, 0.4) is 0 Å². The van der Waals surface area contributed by atoms with E-state index in [0.717, 1.165) is 16.6 Å². The van der Waals surface area contributed by atoms with Crippen LogP contribution < -0.4 is 5.32 Å². The van der Waals surface area contributed by atoms with Gasteiger partial charge in [0.2, 0.25) is 0 Å². The zero-order chi connectivity index (χ0) is 18.0. The van der Waals surface area contributed by atoms with Crippen LogP contribution in [0.4, 0.5) is 4.39 Å². The maximum absolute atomic E-state index is 14.2. The lowest BCUT2D eigenvalue weighted by Crippen LogP contribution is -2.30. The summed E-state index contributed by atoms with van der Waals surface area (Å²) in [5.41, 5.74) is 2.80. The molecule has 0 bridgehead atoms. The second kappa shape index (κ2) is 7.05. The lowest BCUT2D eigenvalue weighted by molar-refractivity contribution is 0.0931. The van der Waals surface area contributed by atoms with Gasteiger partial charge < -0.3 is 5.32 Å². The number of carbonyl (C=O) groups is 1. The summed E-state index contributed by atoms with van der Waals surface area (Å²) in [4.78, 5) is 12.7. The van der Waals surface area contributed by atoms with Gasteiger partial charge in [-0.2, -0.15) is 5.10 Å². The third-order valence-corrected chi connectivity index (χ3v) is 4.31.